The quantitative estimate of drug-likeness (QED) is 0.444. The fourth-order valence-electron chi connectivity index (χ4n) is 1.28. The number of allylic oxidation sites excluding steroid dienone is 1. The van der Waals surface area contributed by atoms with E-state index in [1.54, 1.807) is 14.1 Å². The Kier molecular flexibility index (Phi) is 8.64. The minimum absolute atomic E-state index is 0.216. The maximum Gasteiger partial charge on any atom is 0.437 e. The number of urea groups is 1. The monoisotopic (exact) mass is 358 g/mol. The summed E-state index contributed by atoms with van der Waals surface area (Å²) in [6.07, 6.45) is 5.02. The number of hydrogen-bond donors (Lipinski definition) is 0. The van der Waals surface area contributed by atoms with E-state index < -0.39 is 12.1 Å². The molecule has 0 atom stereocenters. The number of ether oxygens (including phenoxy) is 1. The second kappa shape index (κ2) is 10.2. The summed E-state index contributed by atoms with van der Waals surface area (Å²) in [4.78, 5) is 29.4. The van der Waals surface area contributed by atoms with Crippen molar-refractivity contribution in [1.82, 2.24) is 14.7 Å². The van der Waals surface area contributed by atoms with E-state index in [2.05, 4.69) is 10.1 Å². The van der Waals surface area contributed by atoms with Crippen molar-refractivity contribution in [2.24, 2.45) is 4.99 Å². The van der Waals surface area contributed by atoms with Crippen LogP contribution < -0.4 is 4.80 Å². The fraction of sp³-hybridized carbons (Fsp3) is 0.571. The molecule has 0 aliphatic heterocycles. The molecule has 0 spiro atoms. The maximum absolute atomic E-state index is 12.1. The molecule has 0 saturated heterocycles. The highest BCUT2D eigenvalue weighted by atomic mass is 32.2. The smallest absolute Gasteiger partial charge is 0.437 e. The van der Waals surface area contributed by atoms with Crippen molar-refractivity contribution in [3.63, 3.8) is 0 Å². The molecule has 0 bridgehead atoms. The number of nitrogens with zero attached hydrogens (tertiary/aromatic N) is 4. The Balaban J connectivity index is 3.03. The molecule has 1 rings (SSSR count). The minimum atomic E-state index is -0.613. The Bertz CT molecular complexity index is 620. The van der Waals surface area contributed by atoms with Crippen LogP contribution >= 0.6 is 23.1 Å². The topological polar surface area (TPSA) is 76.8 Å². The summed E-state index contributed by atoms with van der Waals surface area (Å²) in [5.74, 6) is 0.732. The number of thioether (sulfide) groups is 1. The largest absolute Gasteiger partial charge is 0.448 e. The molecule has 0 aliphatic rings. The van der Waals surface area contributed by atoms with Gasteiger partial charge in [-0.25, -0.2) is 9.59 Å². The average Bonchev–Trinajstić information content (AvgIpc) is 2.90. The van der Waals surface area contributed by atoms with Gasteiger partial charge in [0.1, 0.15) is 0 Å². The summed E-state index contributed by atoms with van der Waals surface area (Å²) in [6, 6.07) is -0.450. The SMILES string of the molecule is CC=CCSc1nn(C(=O)OCCCC)c(=NC(=O)N(C)C)s1. The van der Waals surface area contributed by atoms with Crippen molar-refractivity contribution in [2.45, 2.75) is 31.0 Å². The number of carbonyl (C=O) groups excluding carboxylic acids is 2. The van der Waals surface area contributed by atoms with Gasteiger partial charge in [-0.1, -0.05) is 48.6 Å². The first-order valence-electron chi connectivity index (χ1n) is 7.26. The Morgan fingerprint density at radius 3 is 2.83 bits per heavy atom. The highest BCUT2D eigenvalue weighted by molar-refractivity contribution is 8.01. The van der Waals surface area contributed by atoms with E-state index in [0.717, 1.165) is 23.3 Å². The molecule has 0 fully saturated rings. The van der Waals surface area contributed by atoms with Gasteiger partial charge in [0.2, 0.25) is 4.80 Å². The number of amides is 2. The van der Waals surface area contributed by atoms with Crippen LogP contribution in [-0.2, 0) is 4.74 Å². The molecule has 2 amide bonds. The van der Waals surface area contributed by atoms with Gasteiger partial charge in [-0.3, -0.25) is 0 Å². The molecule has 1 aromatic heterocycles. The lowest BCUT2D eigenvalue weighted by Gasteiger charge is -2.04. The average molecular weight is 358 g/mol. The van der Waals surface area contributed by atoms with Crippen LogP contribution in [0.15, 0.2) is 21.5 Å². The molecular formula is C14H22N4O3S2. The van der Waals surface area contributed by atoms with Crippen LogP contribution in [0.5, 0.6) is 0 Å². The number of unbranched alkanes of at least 4 members (excludes halogenated alkanes) is 1. The molecule has 7 nitrogen and oxygen atoms in total. The number of carbonyl (C=O) groups is 2. The molecule has 1 aromatic rings. The van der Waals surface area contributed by atoms with Crippen LogP contribution in [0.25, 0.3) is 0 Å². The van der Waals surface area contributed by atoms with E-state index in [-0.39, 0.29) is 4.80 Å². The lowest BCUT2D eigenvalue weighted by atomic mass is 10.4. The highest BCUT2D eigenvalue weighted by Crippen LogP contribution is 2.17. The molecule has 128 valence electrons. The first-order valence-corrected chi connectivity index (χ1v) is 9.07. The number of rotatable bonds is 6. The third kappa shape index (κ3) is 6.57. The molecule has 0 saturated carbocycles. The molecule has 0 unspecified atom stereocenters. The van der Waals surface area contributed by atoms with Crippen LogP contribution in [0.3, 0.4) is 0 Å². The number of hydrogen-bond acceptors (Lipinski definition) is 6. The van der Waals surface area contributed by atoms with Crippen LogP contribution in [0.4, 0.5) is 9.59 Å². The second-order valence-corrected chi connectivity index (χ2v) is 6.92. The minimum Gasteiger partial charge on any atom is -0.448 e. The zero-order chi connectivity index (χ0) is 17.2. The van der Waals surface area contributed by atoms with Gasteiger partial charge in [-0.05, 0) is 13.3 Å². The Morgan fingerprint density at radius 2 is 2.22 bits per heavy atom. The van der Waals surface area contributed by atoms with Crippen molar-refractivity contribution >= 4 is 35.2 Å². The van der Waals surface area contributed by atoms with Crippen LogP contribution in [0.1, 0.15) is 26.7 Å². The van der Waals surface area contributed by atoms with Gasteiger partial charge < -0.3 is 9.64 Å². The Labute approximate surface area is 144 Å². The zero-order valence-electron chi connectivity index (χ0n) is 13.8. The molecule has 0 radical (unpaired) electrons. The summed E-state index contributed by atoms with van der Waals surface area (Å²) in [5.41, 5.74) is 0. The van der Waals surface area contributed by atoms with E-state index in [1.807, 2.05) is 26.0 Å². The van der Waals surface area contributed by atoms with Gasteiger partial charge in [-0.15, -0.1) is 9.78 Å². The standard InChI is InChI=1S/C14H22N4O3S2/c1-5-7-9-21-14(20)18-12(15-11(19)17(3)4)23-13(16-18)22-10-8-6-2/h6,8H,5,7,9-10H2,1-4H3. The Morgan fingerprint density at radius 1 is 1.48 bits per heavy atom. The maximum atomic E-state index is 12.1. The van der Waals surface area contributed by atoms with Gasteiger partial charge in [0.15, 0.2) is 4.34 Å². The summed E-state index contributed by atoms with van der Waals surface area (Å²) < 4.78 is 6.86. The van der Waals surface area contributed by atoms with E-state index in [4.69, 9.17) is 4.74 Å². The molecule has 9 heteroatoms. The van der Waals surface area contributed by atoms with Crippen molar-refractivity contribution in [3.8, 4) is 0 Å². The van der Waals surface area contributed by atoms with Crippen molar-refractivity contribution in [1.29, 1.82) is 0 Å². The third-order valence-electron chi connectivity index (χ3n) is 2.55. The summed E-state index contributed by atoms with van der Waals surface area (Å²) >= 11 is 2.66. The summed E-state index contributed by atoms with van der Waals surface area (Å²) in [7, 11) is 3.19. The molecule has 0 aliphatic carbocycles. The highest BCUT2D eigenvalue weighted by Gasteiger charge is 2.15. The van der Waals surface area contributed by atoms with Crippen LogP contribution in [0, 0.1) is 0 Å². The summed E-state index contributed by atoms with van der Waals surface area (Å²) in [6.45, 7) is 4.27. The predicted molar refractivity (Wildman–Crippen MR) is 91.9 cm³/mol. The zero-order valence-corrected chi connectivity index (χ0v) is 15.4. The van der Waals surface area contributed by atoms with Crippen molar-refractivity contribution in [2.75, 3.05) is 26.5 Å². The van der Waals surface area contributed by atoms with Crippen LogP contribution in [-0.4, -0.2) is 53.3 Å². The molecule has 23 heavy (non-hydrogen) atoms. The normalized spacial score (nSPS) is 11.9. The van der Waals surface area contributed by atoms with Gasteiger partial charge >= 0.3 is 12.1 Å². The van der Waals surface area contributed by atoms with Gasteiger partial charge in [0, 0.05) is 19.8 Å². The second-order valence-electron chi connectivity index (χ2n) is 4.70. The van der Waals surface area contributed by atoms with E-state index >= 15 is 0 Å². The molecule has 0 N–H and O–H groups in total. The Hall–Kier alpha value is -1.61. The first-order chi connectivity index (χ1) is 11.0. The van der Waals surface area contributed by atoms with E-state index in [9.17, 15) is 9.59 Å². The predicted octanol–water partition coefficient (Wildman–Crippen LogP) is 2.98. The summed E-state index contributed by atoms with van der Waals surface area (Å²) in [5, 5.41) is 4.20. The molecule has 0 aromatic carbocycles. The number of aromatic nitrogens is 2. The third-order valence-corrected chi connectivity index (χ3v) is 4.54. The van der Waals surface area contributed by atoms with Gasteiger partial charge in [0.05, 0.1) is 6.61 Å². The molecule has 1 heterocycles. The molecular weight excluding hydrogens is 336 g/mol. The van der Waals surface area contributed by atoms with Crippen molar-refractivity contribution in [3.05, 3.63) is 17.0 Å². The lowest BCUT2D eigenvalue weighted by Crippen LogP contribution is -2.29. The van der Waals surface area contributed by atoms with Gasteiger partial charge in [-0.2, -0.15) is 4.99 Å². The van der Waals surface area contributed by atoms with Crippen LogP contribution in [0.2, 0.25) is 0 Å². The van der Waals surface area contributed by atoms with E-state index in [0.29, 0.717) is 10.9 Å². The first kappa shape index (κ1) is 19.4. The van der Waals surface area contributed by atoms with Crippen molar-refractivity contribution < 1.29 is 14.3 Å². The van der Waals surface area contributed by atoms with Gasteiger partial charge in [0.25, 0.3) is 0 Å². The fourth-order valence-corrected chi connectivity index (χ4v) is 3.11. The lowest BCUT2D eigenvalue weighted by molar-refractivity contribution is 0.141. The van der Waals surface area contributed by atoms with E-state index in [1.165, 1.54) is 28.0 Å².